The molecule has 0 spiro atoms. The minimum atomic E-state index is 0.442. The minimum absolute atomic E-state index is 0.442. The summed E-state index contributed by atoms with van der Waals surface area (Å²) in [6, 6.07) is 8.50. The number of hydrogen-bond acceptors (Lipinski definition) is 3. The number of benzene rings is 1. The Balaban J connectivity index is 2.22. The van der Waals surface area contributed by atoms with Crippen molar-refractivity contribution < 1.29 is 4.52 Å². The van der Waals surface area contributed by atoms with Gasteiger partial charge in [-0.1, -0.05) is 47.1 Å². The van der Waals surface area contributed by atoms with E-state index in [1.807, 2.05) is 31.2 Å². The number of nitrogens with one attached hydrogen (secondary N) is 1. The van der Waals surface area contributed by atoms with Gasteiger partial charge < -0.3 is 9.84 Å². The van der Waals surface area contributed by atoms with Crippen LogP contribution in [-0.2, 0) is 6.54 Å². The lowest BCUT2D eigenvalue weighted by Crippen LogP contribution is -2.22. The molecular weight excluding hydrogens is 292 g/mol. The molecule has 0 fully saturated rings. The molecule has 18 heavy (non-hydrogen) atoms. The summed E-state index contributed by atoms with van der Waals surface area (Å²) in [7, 11) is 0. The van der Waals surface area contributed by atoms with Crippen molar-refractivity contribution in [3.8, 4) is 11.3 Å². The highest BCUT2D eigenvalue weighted by Crippen LogP contribution is 2.26. The summed E-state index contributed by atoms with van der Waals surface area (Å²) < 4.78 is 6.51. The van der Waals surface area contributed by atoms with Crippen LogP contribution < -0.4 is 5.32 Å². The van der Waals surface area contributed by atoms with E-state index in [0.29, 0.717) is 6.04 Å². The maximum absolute atomic E-state index is 5.45. The van der Waals surface area contributed by atoms with Gasteiger partial charge in [0.2, 0.25) is 0 Å². The maximum Gasteiger partial charge on any atom is 0.170 e. The molecule has 0 bridgehead atoms. The van der Waals surface area contributed by atoms with E-state index < -0.39 is 0 Å². The lowest BCUT2D eigenvalue weighted by atomic mass is 10.1. The molecule has 0 aliphatic heterocycles. The molecule has 96 valence electrons. The van der Waals surface area contributed by atoms with Crippen LogP contribution in [0.3, 0.4) is 0 Å². The third-order valence-corrected chi connectivity index (χ3v) is 3.33. The zero-order chi connectivity index (χ0) is 13.1. The van der Waals surface area contributed by atoms with Gasteiger partial charge in [0, 0.05) is 28.2 Å². The fourth-order valence-electron chi connectivity index (χ4n) is 1.70. The summed E-state index contributed by atoms with van der Waals surface area (Å²) in [5.41, 5.74) is 3.13. The Bertz CT molecular complexity index is 517. The SMILES string of the molecule is Cc1c(CNC(C)C)noc1-c1ccc(Br)cc1. The van der Waals surface area contributed by atoms with Crippen molar-refractivity contribution in [1.29, 1.82) is 0 Å². The van der Waals surface area contributed by atoms with E-state index >= 15 is 0 Å². The molecule has 0 amide bonds. The largest absolute Gasteiger partial charge is 0.356 e. The predicted octanol–water partition coefficient (Wildman–Crippen LogP) is 3.91. The first-order valence-corrected chi connectivity index (χ1v) is 6.81. The second-order valence-electron chi connectivity index (χ2n) is 4.63. The van der Waals surface area contributed by atoms with Gasteiger partial charge >= 0.3 is 0 Å². The summed E-state index contributed by atoms with van der Waals surface area (Å²) in [4.78, 5) is 0. The van der Waals surface area contributed by atoms with Crippen molar-refractivity contribution >= 4 is 15.9 Å². The summed E-state index contributed by atoms with van der Waals surface area (Å²) in [6.07, 6.45) is 0. The molecule has 0 aliphatic carbocycles. The topological polar surface area (TPSA) is 38.1 Å². The number of rotatable bonds is 4. The summed E-state index contributed by atoms with van der Waals surface area (Å²) >= 11 is 3.43. The number of aromatic nitrogens is 1. The molecule has 1 aromatic heterocycles. The molecule has 1 aromatic carbocycles. The van der Waals surface area contributed by atoms with Crippen molar-refractivity contribution in [2.75, 3.05) is 0 Å². The van der Waals surface area contributed by atoms with Crippen molar-refractivity contribution in [2.45, 2.75) is 33.4 Å². The van der Waals surface area contributed by atoms with E-state index in [1.165, 1.54) is 0 Å². The zero-order valence-corrected chi connectivity index (χ0v) is 12.4. The Morgan fingerprint density at radius 1 is 1.28 bits per heavy atom. The maximum atomic E-state index is 5.45. The van der Waals surface area contributed by atoms with E-state index in [1.54, 1.807) is 0 Å². The number of nitrogens with zero attached hydrogens (tertiary/aromatic N) is 1. The van der Waals surface area contributed by atoms with E-state index in [2.05, 4.69) is 40.3 Å². The second kappa shape index (κ2) is 5.67. The Hall–Kier alpha value is -1.13. The predicted molar refractivity (Wildman–Crippen MR) is 76.4 cm³/mol. The van der Waals surface area contributed by atoms with Gasteiger partial charge in [0.25, 0.3) is 0 Å². The van der Waals surface area contributed by atoms with Gasteiger partial charge in [-0.2, -0.15) is 0 Å². The first kappa shape index (κ1) is 13.3. The third kappa shape index (κ3) is 3.00. The van der Waals surface area contributed by atoms with Crippen LogP contribution in [0.25, 0.3) is 11.3 Å². The molecule has 0 atom stereocenters. The van der Waals surface area contributed by atoms with Gasteiger partial charge in [-0.25, -0.2) is 0 Å². The Labute approximate surface area is 116 Å². The first-order chi connectivity index (χ1) is 8.58. The fraction of sp³-hybridized carbons (Fsp3) is 0.357. The zero-order valence-electron chi connectivity index (χ0n) is 10.8. The quantitative estimate of drug-likeness (QED) is 0.930. The van der Waals surface area contributed by atoms with Crippen LogP contribution in [0.15, 0.2) is 33.3 Å². The lowest BCUT2D eigenvalue weighted by molar-refractivity contribution is 0.417. The molecule has 3 nitrogen and oxygen atoms in total. The molecule has 2 aromatic rings. The molecule has 4 heteroatoms. The Kier molecular flexibility index (Phi) is 4.19. The van der Waals surface area contributed by atoms with E-state index in [9.17, 15) is 0 Å². The molecule has 0 radical (unpaired) electrons. The Morgan fingerprint density at radius 2 is 1.94 bits per heavy atom. The van der Waals surface area contributed by atoms with Crippen LogP contribution in [0.1, 0.15) is 25.1 Å². The summed E-state index contributed by atoms with van der Waals surface area (Å²) in [6.45, 7) is 7.02. The van der Waals surface area contributed by atoms with E-state index in [4.69, 9.17) is 4.52 Å². The van der Waals surface area contributed by atoms with Gasteiger partial charge in [0.05, 0.1) is 0 Å². The van der Waals surface area contributed by atoms with E-state index in [-0.39, 0.29) is 0 Å². The monoisotopic (exact) mass is 308 g/mol. The molecule has 0 aliphatic rings. The fourth-order valence-corrected chi connectivity index (χ4v) is 1.97. The van der Waals surface area contributed by atoms with Crippen LogP contribution in [0.2, 0.25) is 0 Å². The summed E-state index contributed by atoms with van der Waals surface area (Å²) in [5.74, 6) is 0.850. The molecular formula is C14H17BrN2O. The Morgan fingerprint density at radius 3 is 2.56 bits per heavy atom. The van der Waals surface area contributed by atoms with Crippen molar-refractivity contribution in [3.63, 3.8) is 0 Å². The smallest absolute Gasteiger partial charge is 0.170 e. The van der Waals surface area contributed by atoms with Gasteiger partial charge in [-0.05, 0) is 19.1 Å². The van der Waals surface area contributed by atoms with Crippen molar-refractivity contribution in [3.05, 3.63) is 40.0 Å². The highest BCUT2D eigenvalue weighted by atomic mass is 79.9. The normalized spacial score (nSPS) is 11.2. The minimum Gasteiger partial charge on any atom is -0.356 e. The molecule has 2 rings (SSSR count). The molecule has 0 saturated carbocycles. The van der Waals surface area contributed by atoms with Crippen LogP contribution in [0.5, 0.6) is 0 Å². The first-order valence-electron chi connectivity index (χ1n) is 6.02. The average molecular weight is 309 g/mol. The number of hydrogen-bond donors (Lipinski definition) is 1. The van der Waals surface area contributed by atoms with Crippen molar-refractivity contribution in [1.82, 2.24) is 10.5 Å². The van der Waals surface area contributed by atoms with Crippen molar-refractivity contribution in [2.24, 2.45) is 0 Å². The second-order valence-corrected chi connectivity index (χ2v) is 5.54. The molecule has 0 unspecified atom stereocenters. The molecule has 0 saturated heterocycles. The highest BCUT2D eigenvalue weighted by molar-refractivity contribution is 9.10. The summed E-state index contributed by atoms with van der Waals surface area (Å²) in [5, 5.41) is 7.48. The van der Waals surface area contributed by atoms with Crippen LogP contribution >= 0.6 is 15.9 Å². The average Bonchev–Trinajstić information content (AvgIpc) is 2.69. The number of halogens is 1. The molecule has 1 N–H and O–H groups in total. The van der Waals surface area contributed by atoms with Gasteiger partial charge in [0.15, 0.2) is 5.76 Å². The van der Waals surface area contributed by atoms with E-state index in [0.717, 1.165) is 33.6 Å². The van der Waals surface area contributed by atoms with Crippen LogP contribution in [0, 0.1) is 6.92 Å². The molecule has 1 heterocycles. The van der Waals surface area contributed by atoms with Gasteiger partial charge in [-0.15, -0.1) is 0 Å². The lowest BCUT2D eigenvalue weighted by Gasteiger charge is -2.05. The van der Waals surface area contributed by atoms with Gasteiger partial charge in [0.1, 0.15) is 5.69 Å². The van der Waals surface area contributed by atoms with Gasteiger partial charge in [-0.3, -0.25) is 0 Å². The highest BCUT2D eigenvalue weighted by Gasteiger charge is 2.13. The van der Waals surface area contributed by atoms with Crippen LogP contribution in [-0.4, -0.2) is 11.2 Å². The standard InChI is InChI=1S/C14H17BrN2O/c1-9(2)16-8-13-10(3)14(18-17-13)11-4-6-12(15)7-5-11/h4-7,9,16H,8H2,1-3H3. The van der Waals surface area contributed by atoms with Crippen LogP contribution in [0.4, 0.5) is 0 Å². The third-order valence-electron chi connectivity index (χ3n) is 2.80.